The van der Waals surface area contributed by atoms with Crippen molar-refractivity contribution in [3.8, 4) is 10.6 Å². The number of aromatic nitrogens is 2. The van der Waals surface area contributed by atoms with Crippen LogP contribution < -0.4 is 0 Å². The summed E-state index contributed by atoms with van der Waals surface area (Å²) in [5.74, 6) is -0.412. The van der Waals surface area contributed by atoms with Crippen LogP contribution in [-0.2, 0) is 0 Å². The Balaban J connectivity index is 2.59. The maximum absolute atomic E-state index is 13.4. The van der Waals surface area contributed by atoms with Gasteiger partial charge in [-0.15, -0.1) is 11.3 Å². The third-order valence-corrected chi connectivity index (χ3v) is 2.93. The van der Waals surface area contributed by atoms with Crippen LogP contribution in [0.2, 0.25) is 0 Å². The summed E-state index contributed by atoms with van der Waals surface area (Å²) in [6.45, 7) is 0. The van der Waals surface area contributed by atoms with E-state index < -0.39 is 5.82 Å². The van der Waals surface area contributed by atoms with Crippen molar-refractivity contribution in [1.29, 1.82) is 0 Å². The lowest BCUT2D eigenvalue weighted by molar-refractivity contribution is 0.609. The van der Waals surface area contributed by atoms with Gasteiger partial charge in [0.25, 0.3) is 0 Å². The maximum atomic E-state index is 13.4. The fourth-order valence-electron chi connectivity index (χ4n) is 0.933. The molecular weight excluding hydrogens is 255 g/mol. The summed E-state index contributed by atoms with van der Waals surface area (Å²) >= 11 is 4.46. The van der Waals surface area contributed by atoms with E-state index in [-0.39, 0.29) is 4.60 Å². The van der Waals surface area contributed by atoms with Gasteiger partial charge in [-0.3, -0.25) is 0 Å². The zero-order valence-electron chi connectivity index (χ0n) is 6.37. The molecule has 0 atom stereocenters. The predicted octanol–water partition coefficient (Wildman–Crippen LogP) is 3.11. The fraction of sp³-hybridized carbons (Fsp3) is 0. The van der Waals surface area contributed by atoms with E-state index in [0.29, 0.717) is 5.69 Å². The van der Waals surface area contributed by atoms with E-state index in [0.717, 1.165) is 4.88 Å². The molecule has 0 unspecified atom stereocenters. The van der Waals surface area contributed by atoms with Crippen LogP contribution in [0.4, 0.5) is 4.39 Å². The first-order chi connectivity index (χ1) is 6.29. The molecule has 0 N–H and O–H groups in total. The Labute approximate surface area is 86.6 Å². The first-order valence-electron chi connectivity index (χ1n) is 3.49. The Morgan fingerprint density at radius 1 is 1.38 bits per heavy atom. The molecule has 0 fully saturated rings. The van der Waals surface area contributed by atoms with Crippen molar-refractivity contribution >= 4 is 27.3 Å². The predicted molar refractivity (Wildman–Crippen MR) is 53.0 cm³/mol. The Bertz CT molecular complexity index is 416. The van der Waals surface area contributed by atoms with Crippen molar-refractivity contribution in [2.45, 2.75) is 0 Å². The number of hydrogen-bond donors (Lipinski definition) is 0. The van der Waals surface area contributed by atoms with Crippen LogP contribution in [0, 0.1) is 5.82 Å². The lowest BCUT2D eigenvalue weighted by atomic mass is 10.3. The standard InChI is InChI=1S/C8H4BrFN2S/c9-8-6(10)7(11-4-12-8)5-2-1-3-13-5/h1-4H. The minimum atomic E-state index is -0.412. The van der Waals surface area contributed by atoms with Gasteiger partial charge in [-0.1, -0.05) is 6.07 Å². The van der Waals surface area contributed by atoms with E-state index in [4.69, 9.17) is 0 Å². The van der Waals surface area contributed by atoms with Gasteiger partial charge in [0.05, 0.1) is 4.88 Å². The van der Waals surface area contributed by atoms with Crippen molar-refractivity contribution in [2.75, 3.05) is 0 Å². The van der Waals surface area contributed by atoms with E-state index in [1.54, 1.807) is 0 Å². The quantitative estimate of drug-likeness (QED) is 0.735. The lowest BCUT2D eigenvalue weighted by Gasteiger charge is -1.98. The lowest BCUT2D eigenvalue weighted by Crippen LogP contribution is -1.90. The molecule has 0 saturated heterocycles. The smallest absolute Gasteiger partial charge is 0.183 e. The highest BCUT2D eigenvalue weighted by Crippen LogP contribution is 2.27. The molecule has 0 aliphatic rings. The van der Waals surface area contributed by atoms with Gasteiger partial charge in [0.1, 0.15) is 16.6 Å². The van der Waals surface area contributed by atoms with Gasteiger partial charge >= 0.3 is 0 Å². The number of hydrogen-bond acceptors (Lipinski definition) is 3. The average molecular weight is 259 g/mol. The van der Waals surface area contributed by atoms with Crippen molar-refractivity contribution in [1.82, 2.24) is 9.97 Å². The highest BCUT2D eigenvalue weighted by Gasteiger charge is 2.10. The zero-order valence-corrected chi connectivity index (χ0v) is 8.77. The largest absolute Gasteiger partial charge is 0.232 e. The highest BCUT2D eigenvalue weighted by molar-refractivity contribution is 9.10. The molecule has 0 aliphatic carbocycles. The summed E-state index contributed by atoms with van der Waals surface area (Å²) in [6, 6.07) is 3.68. The highest BCUT2D eigenvalue weighted by atomic mass is 79.9. The van der Waals surface area contributed by atoms with Gasteiger partial charge in [0, 0.05) is 0 Å². The second kappa shape index (κ2) is 3.51. The molecular formula is C8H4BrFN2S. The molecule has 5 heteroatoms. The first kappa shape index (κ1) is 8.77. The van der Waals surface area contributed by atoms with E-state index >= 15 is 0 Å². The molecule has 0 radical (unpaired) electrons. The molecule has 13 heavy (non-hydrogen) atoms. The second-order valence-electron chi connectivity index (χ2n) is 2.30. The van der Waals surface area contributed by atoms with Crippen LogP contribution in [0.15, 0.2) is 28.4 Å². The SMILES string of the molecule is Fc1c(Br)ncnc1-c1cccs1. The maximum Gasteiger partial charge on any atom is 0.183 e. The molecule has 0 bridgehead atoms. The molecule has 0 saturated carbocycles. The average Bonchev–Trinajstić information content (AvgIpc) is 2.62. The van der Waals surface area contributed by atoms with Gasteiger partial charge in [0.15, 0.2) is 5.82 Å². The second-order valence-corrected chi connectivity index (χ2v) is 4.00. The van der Waals surface area contributed by atoms with Gasteiger partial charge in [-0.05, 0) is 27.4 Å². The third kappa shape index (κ3) is 1.62. The van der Waals surface area contributed by atoms with Gasteiger partial charge in [-0.2, -0.15) is 0 Å². The molecule has 66 valence electrons. The van der Waals surface area contributed by atoms with E-state index in [2.05, 4.69) is 25.9 Å². The van der Waals surface area contributed by atoms with Crippen LogP contribution in [0.25, 0.3) is 10.6 Å². The first-order valence-corrected chi connectivity index (χ1v) is 5.16. The summed E-state index contributed by atoms with van der Waals surface area (Å²) in [7, 11) is 0. The third-order valence-electron chi connectivity index (χ3n) is 1.50. The Morgan fingerprint density at radius 2 is 2.23 bits per heavy atom. The molecule has 0 aliphatic heterocycles. The van der Waals surface area contributed by atoms with Gasteiger partial charge in [0.2, 0.25) is 0 Å². The Morgan fingerprint density at radius 3 is 2.92 bits per heavy atom. The van der Waals surface area contributed by atoms with E-state index in [9.17, 15) is 4.39 Å². The normalized spacial score (nSPS) is 10.3. The Hall–Kier alpha value is -0.810. The molecule has 2 aromatic rings. The van der Waals surface area contributed by atoms with E-state index in [1.807, 2.05) is 17.5 Å². The molecule has 0 spiro atoms. The molecule has 2 aromatic heterocycles. The Kier molecular flexibility index (Phi) is 2.37. The minimum absolute atomic E-state index is 0.200. The van der Waals surface area contributed by atoms with Crippen LogP contribution >= 0.6 is 27.3 Å². The van der Waals surface area contributed by atoms with Crippen LogP contribution in [-0.4, -0.2) is 9.97 Å². The summed E-state index contributed by atoms with van der Waals surface area (Å²) in [5, 5.41) is 1.88. The van der Waals surface area contributed by atoms with Crippen LogP contribution in [0.1, 0.15) is 0 Å². The summed E-state index contributed by atoms with van der Waals surface area (Å²) in [5.41, 5.74) is 0.344. The number of thiophene rings is 1. The summed E-state index contributed by atoms with van der Waals surface area (Å²) in [4.78, 5) is 8.37. The number of rotatable bonds is 1. The zero-order chi connectivity index (χ0) is 9.26. The number of halogens is 2. The van der Waals surface area contributed by atoms with Crippen molar-refractivity contribution < 1.29 is 4.39 Å². The molecule has 2 nitrogen and oxygen atoms in total. The summed E-state index contributed by atoms with van der Waals surface area (Å²) < 4.78 is 13.6. The minimum Gasteiger partial charge on any atom is -0.232 e. The van der Waals surface area contributed by atoms with E-state index in [1.165, 1.54) is 17.7 Å². The van der Waals surface area contributed by atoms with Gasteiger partial charge < -0.3 is 0 Å². The molecule has 2 heterocycles. The number of nitrogens with zero attached hydrogens (tertiary/aromatic N) is 2. The topological polar surface area (TPSA) is 25.8 Å². The van der Waals surface area contributed by atoms with Crippen molar-refractivity contribution in [2.24, 2.45) is 0 Å². The molecule has 0 amide bonds. The summed E-state index contributed by atoms with van der Waals surface area (Å²) in [6.07, 6.45) is 1.34. The van der Waals surface area contributed by atoms with Crippen LogP contribution in [0.5, 0.6) is 0 Å². The van der Waals surface area contributed by atoms with Gasteiger partial charge in [-0.25, -0.2) is 14.4 Å². The van der Waals surface area contributed by atoms with Crippen molar-refractivity contribution in [3.05, 3.63) is 34.3 Å². The van der Waals surface area contributed by atoms with Crippen molar-refractivity contribution in [3.63, 3.8) is 0 Å². The van der Waals surface area contributed by atoms with Crippen LogP contribution in [0.3, 0.4) is 0 Å². The monoisotopic (exact) mass is 258 g/mol. The molecule has 0 aromatic carbocycles. The fourth-order valence-corrected chi connectivity index (χ4v) is 1.93. The molecule has 2 rings (SSSR count).